The maximum absolute atomic E-state index is 8.86. The molecule has 82 valence electrons. The average molecular weight is 234 g/mol. The van der Waals surface area contributed by atoms with Gasteiger partial charge in [-0.2, -0.15) is 10.5 Å². The van der Waals surface area contributed by atoms with E-state index in [0.29, 0.717) is 17.1 Å². The lowest BCUT2D eigenvalue weighted by Gasteiger charge is -2.10. The minimum atomic E-state index is -0.328. The van der Waals surface area contributed by atoms with Crippen molar-refractivity contribution in [2.45, 2.75) is 19.8 Å². The molecule has 3 nitrogen and oxygen atoms in total. The molecule has 0 aliphatic rings. The Balaban J connectivity index is 2.94. The van der Waals surface area contributed by atoms with Crippen LogP contribution in [0.5, 0.6) is 0 Å². The number of halogens is 1. The van der Waals surface area contributed by atoms with E-state index < -0.39 is 0 Å². The number of hydrogen-bond acceptors (Lipinski definition) is 3. The molecule has 0 saturated heterocycles. The van der Waals surface area contributed by atoms with E-state index in [1.165, 1.54) is 0 Å². The number of nitriles is 2. The molecule has 2 N–H and O–H groups in total. The second-order valence-electron chi connectivity index (χ2n) is 3.69. The molecular formula is C12H12ClN3. The summed E-state index contributed by atoms with van der Waals surface area (Å²) < 4.78 is 0. The number of nitrogens with zero attached hydrogens (tertiary/aromatic N) is 2. The van der Waals surface area contributed by atoms with Crippen LogP contribution in [0.2, 0.25) is 5.02 Å². The van der Waals surface area contributed by atoms with Crippen LogP contribution in [-0.4, -0.2) is 0 Å². The molecule has 0 spiro atoms. The van der Waals surface area contributed by atoms with E-state index in [2.05, 4.69) is 6.07 Å². The molecule has 0 aromatic heterocycles. The first-order valence-corrected chi connectivity index (χ1v) is 5.27. The number of nitrogens with two attached hydrogens (primary N) is 1. The summed E-state index contributed by atoms with van der Waals surface area (Å²) in [5, 5.41) is 18.1. The molecule has 0 fully saturated rings. The van der Waals surface area contributed by atoms with Crippen LogP contribution in [0.15, 0.2) is 12.1 Å². The second-order valence-corrected chi connectivity index (χ2v) is 4.10. The third-order valence-corrected chi connectivity index (χ3v) is 2.81. The molecule has 0 saturated carbocycles. The summed E-state index contributed by atoms with van der Waals surface area (Å²) in [6, 6.07) is 7.64. The van der Waals surface area contributed by atoms with Gasteiger partial charge in [-0.25, -0.2) is 0 Å². The second kappa shape index (κ2) is 5.39. The maximum atomic E-state index is 8.86. The summed E-state index contributed by atoms with van der Waals surface area (Å²) in [4.78, 5) is 0. The van der Waals surface area contributed by atoms with Gasteiger partial charge in [-0.15, -0.1) is 0 Å². The van der Waals surface area contributed by atoms with Gasteiger partial charge in [0.15, 0.2) is 0 Å². The van der Waals surface area contributed by atoms with E-state index >= 15 is 0 Å². The van der Waals surface area contributed by atoms with Crippen molar-refractivity contribution in [2.75, 3.05) is 5.73 Å². The van der Waals surface area contributed by atoms with Crippen molar-refractivity contribution >= 4 is 17.3 Å². The normalized spacial score (nSPS) is 11.5. The molecule has 1 aromatic carbocycles. The summed E-state index contributed by atoms with van der Waals surface area (Å²) in [7, 11) is 0. The monoisotopic (exact) mass is 233 g/mol. The Morgan fingerprint density at radius 1 is 1.44 bits per heavy atom. The van der Waals surface area contributed by atoms with Gasteiger partial charge in [0.25, 0.3) is 0 Å². The summed E-state index contributed by atoms with van der Waals surface area (Å²) in [6.07, 6.45) is 0.678. The number of aryl methyl sites for hydroxylation is 1. The number of rotatable bonds is 3. The average Bonchev–Trinajstić information content (AvgIpc) is 2.25. The quantitative estimate of drug-likeness (QED) is 0.816. The predicted octanol–water partition coefficient (Wildman–Crippen LogP) is 2.83. The number of benzene rings is 1. The summed E-state index contributed by atoms with van der Waals surface area (Å²) in [5.41, 5.74) is 8.21. The topological polar surface area (TPSA) is 73.6 Å². The van der Waals surface area contributed by atoms with Gasteiger partial charge in [-0.1, -0.05) is 11.6 Å². The zero-order valence-electron chi connectivity index (χ0n) is 9.00. The van der Waals surface area contributed by atoms with Crippen molar-refractivity contribution in [1.29, 1.82) is 10.5 Å². The molecule has 1 atom stereocenters. The molecule has 0 bridgehead atoms. The van der Waals surface area contributed by atoms with Crippen LogP contribution in [0, 0.1) is 35.5 Å². The standard InChI is InChI=1S/C12H12ClN3/c1-8-4-12(16)10(6-11(8)13)5-9(7-15)2-3-14/h4,6,9H,2,5,16H2,1H3. The van der Waals surface area contributed by atoms with Crippen molar-refractivity contribution in [1.82, 2.24) is 0 Å². The molecule has 0 aliphatic carbocycles. The van der Waals surface area contributed by atoms with Crippen LogP contribution >= 0.6 is 11.6 Å². The molecule has 0 heterocycles. The summed E-state index contributed by atoms with van der Waals surface area (Å²) in [6.45, 7) is 1.87. The Bertz CT molecular complexity index is 468. The lowest BCUT2D eigenvalue weighted by Crippen LogP contribution is -2.04. The largest absolute Gasteiger partial charge is 0.398 e. The van der Waals surface area contributed by atoms with E-state index in [0.717, 1.165) is 11.1 Å². The Morgan fingerprint density at radius 3 is 2.69 bits per heavy atom. The Morgan fingerprint density at radius 2 is 2.12 bits per heavy atom. The van der Waals surface area contributed by atoms with E-state index in [1.54, 1.807) is 12.1 Å². The highest BCUT2D eigenvalue weighted by Crippen LogP contribution is 2.25. The fraction of sp³-hybridized carbons (Fsp3) is 0.333. The Kier molecular flexibility index (Phi) is 4.17. The van der Waals surface area contributed by atoms with Crippen molar-refractivity contribution < 1.29 is 0 Å². The van der Waals surface area contributed by atoms with Gasteiger partial charge in [0, 0.05) is 10.7 Å². The number of anilines is 1. The highest BCUT2D eigenvalue weighted by molar-refractivity contribution is 6.31. The molecule has 0 radical (unpaired) electrons. The number of nitrogen functional groups attached to an aromatic ring is 1. The van der Waals surface area contributed by atoms with Gasteiger partial charge in [0.05, 0.1) is 24.5 Å². The SMILES string of the molecule is Cc1cc(N)c(CC(C#N)CC#N)cc1Cl. The molecule has 0 amide bonds. The van der Waals surface area contributed by atoms with E-state index in [1.807, 2.05) is 13.0 Å². The third-order valence-electron chi connectivity index (χ3n) is 2.41. The minimum Gasteiger partial charge on any atom is -0.398 e. The predicted molar refractivity (Wildman–Crippen MR) is 63.6 cm³/mol. The van der Waals surface area contributed by atoms with Crippen LogP contribution in [0.25, 0.3) is 0 Å². The van der Waals surface area contributed by atoms with Crippen molar-refractivity contribution in [3.63, 3.8) is 0 Å². The van der Waals surface area contributed by atoms with Gasteiger partial charge in [0.2, 0.25) is 0 Å². The molecule has 4 heteroatoms. The summed E-state index contributed by atoms with van der Waals surface area (Å²) >= 11 is 5.99. The minimum absolute atomic E-state index is 0.210. The lowest BCUT2D eigenvalue weighted by molar-refractivity contribution is 0.681. The fourth-order valence-electron chi connectivity index (χ4n) is 1.46. The van der Waals surface area contributed by atoms with Gasteiger partial charge in [0.1, 0.15) is 0 Å². The molecular weight excluding hydrogens is 222 g/mol. The van der Waals surface area contributed by atoms with Gasteiger partial charge >= 0.3 is 0 Å². The Hall–Kier alpha value is -1.71. The number of hydrogen-bond donors (Lipinski definition) is 1. The highest BCUT2D eigenvalue weighted by Gasteiger charge is 2.11. The fourth-order valence-corrected chi connectivity index (χ4v) is 1.65. The van der Waals surface area contributed by atoms with Crippen molar-refractivity contribution in [3.05, 3.63) is 28.3 Å². The van der Waals surface area contributed by atoms with Crippen molar-refractivity contribution in [2.24, 2.45) is 5.92 Å². The zero-order chi connectivity index (χ0) is 12.1. The van der Waals surface area contributed by atoms with Crippen molar-refractivity contribution in [3.8, 4) is 12.1 Å². The van der Waals surface area contributed by atoms with Crippen LogP contribution in [-0.2, 0) is 6.42 Å². The maximum Gasteiger partial charge on any atom is 0.0670 e. The van der Waals surface area contributed by atoms with Crippen LogP contribution < -0.4 is 5.73 Å². The lowest BCUT2D eigenvalue weighted by atomic mass is 9.96. The van der Waals surface area contributed by atoms with Crippen LogP contribution in [0.4, 0.5) is 5.69 Å². The molecule has 1 rings (SSSR count). The molecule has 1 unspecified atom stereocenters. The smallest absolute Gasteiger partial charge is 0.0670 e. The zero-order valence-corrected chi connectivity index (χ0v) is 9.75. The van der Waals surface area contributed by atoms with E-state index in [4.69, 9.17) is 27.9 Å². The highest BCUT2D eigenvalue weighted by atomic mass is 35.5. The van der Waals surface area contributed by atoms with E-state index in [-0.39, 0.29) is 12.3 Å². The van der Waals surface area contributed by atoms with Gasteiger partial charge in [-0.3, -0.25) is 0 Å². The Labute approximate surface area is 100 Å². The third kappa shape index (κ3) is 2.89. The van der Waals surface area contributed by atoms with Gasteiger partial charge in [-0.05, 0) is 36.6 Å². The molecule has 1 aromatic rings. The van der Waals surface area contributed by atoms with E-state index in [9.17, 15) is 0 Å². The van der Waals surface area contributed by atoms with Gasteiger partial charge < -0.3 is 5.73 Å². The first-order chi connectivity index (χ1) is 7.58. The van der Waals surface area contributed by atoms with Crippen LogP contribution in [0.1, 0.15) is 17.5 Å². The summed E-state index contributed by atoms with van der Waals surface area (Å²) in [5.74, 6) is -0.328. The first kappa shape index (κ1) is 12.4. The first-order valence-electron chi connectivity index (χ1n) is 4.89. The molecule has 0 aliphatic heterocycles. The molecule has 16 heavy (non-hydrogen) atoms. The van der Waals surface area contributed by atoms with Crippen LogP contribution in [0.3, 0.4) is 0 Å².